The summed E-state index contributed by atoms with van der Waals surface area (Å²) in [5.41, 5.74) is 2.15. The zero-order chi connectivity index (χ0) is 18.8. The lowest BCUT2D eigenvalue weighted by atomic mass is 10.1. The third-order valence-corrected chi connectivity index (χ3v) is 5.00. The van der Waals surface area contributed by atoms with Crippen molar-refractivity contribution in [3.8, 4) is 5.69 Å². The first kappa shape index (κ1) is 17.8. The fourth-order valence-corrected chi connectivity index (χ4v) is 3.51. The summed E-state index contributed by atoms with van der Waals surface area (Å²) in [5.74, 6) is -0.0667. The third kappa shape index (κ3) is 3.74. The van der Waals surface area contributed by atoms with Crippen LogP contribution in [0.1, 0.15) is 10.4 Å². The number of tetrazole rings is 1. The van der Waals surface area contributed by atoms with Crippen LogP contribution in [-0.4, -0.2) is 57.2 Å². The van der Waals surface area contributed by atoms with Gasteiger partial charge in [0.1, 0.15) is 6.33 Å². The Morgan fingerprint density at radius 1 is 0.963 bits per heavy atom. The van der Waals surface area contributed by atoms with Gasteiger partial charge in [0, 0.05) is 41.9 Å². The molecule has 0 N–H and O–H groups in total. The van der Waals surface area contributed by atoms with Crippen LogP contribution in [0.5, 0.6) is 0 Å². The van der Waals surface area contributed by atoms with Gasteiger partial charge in [-0.2, -0.15) is 4.68 Å². The van der Waals surface area contributed by atoms with Crippen molar-refractivity contribution in [1.29, 1.82) is 0 Å². The van der Waals surface area contributed by atoms with Crippen molar-refractivity contribution in [3.63, 3.8) is 0 Å². The van der Waals surface area contributed by atoms with Gasteiger partial charge in [0.05, 0.1) is 11.3 Å². The highest BCUT2D eigenvalue weighted by molar-refractivity contribution is 6.31. The van der Waals surface area contributed by atoms with Crippen LogP contribution in [0.4, 0.5) is 5.69 Å². The maximum atomic E-state index is 13.1. The highest BCUT2D eigenvalue weighted by atomic mass is 35.5. The summed E-state index contributed by atoms with van der Waals surface area (Å²) in [6.07, 6.45) is 1.44. The summed E-state index contributed by atoms with van der Waals surface area (Å²) in [6, 6.07) is 12.9. The highest BCUT2D eigenvalue weighted by Gasteiger charge is 2.25. The zero-order valence-electron chi connectivity index (χ0n) is 14.3. The fourth-order valence-electron chi connectivity index (χ4n) is 3.16. The molecule has 7 nitrogen and oxygen atoms in total. The quantitative estimate of drug-likeness (QED) is 0.673. The van der Waals surface area contributed by atoms with Crippen LogP contribution in [0.2, 0.25) is 10.0 Å². The van der Waals surface area contributed by atoms with Crippen LogP contribution in [0, 0.1) is 0 Å². The largest absolute Gasteiger partial charge is 0.368 e. The minimum atomic E-state index is -0.0667. The van der Waals surface area contributed by atoms with Gasteiger partial charge in [-0.15, -0.1) is 5.10 Å². The molecular formula is C18H16Cl2N6O. The summed E-state index contributed by atoms with van der Waals surface area (Å²) >= 11 is 12.2. The summed E-state index contributed by atoms with van der Waals surface area (Å²) in [5, 5.41) is 12.4. The molecule has 0 aliphatic carbocycles. The summed E-state index contributed by atoms with van der Waals surface area (Å²) < 4.78 is 1.45. The van der Waals surface area contributed by atoms with E-state index in [2.05, 4.69) is 20.4 Å². The average molecular weight is 403 g/mol. The highest BCUT2D eigenvalue weighted by Crippen LogP contribution is 2.24. The van der Waals surface area contributed by atoms with Crippen LogP contribution in [-0.2, 0) is 0 Å². The number of hydrogen-bond acceptors (Lipinski definition) is 5. The van der Waals surface area contributed by atoms with Gasteiger partial charge < -0.3 is 9.80 Å². The lowest BCUT2D eigenvalue weighted by molar-refractivity contribution is 0.0746. The van der Waals surface area contributed by atoms with Gasteiger partial charge in [0.2, 0.25) is 0 Å². The number of aromatic nitrogens is 4. The van der Waals surface area contributed by atoms with Crippen LogP contribution < -0.4 is 4.90 Å². The normalized spacial score (nSPS) is 14.4. The second kappa shape index (κ2) is 7.54. The fraction of sp³-hybridized carbons (Fsp3) is 0.222. The maximum absolute atomic E-state index is 13.1. The smallest absolute Gasteiger partial charge is 0.256 e. The molecule has 9 heteroatoms. The first-order valence-corrected chi connectivity index (χ1v) is 9.20. The molecule has 3 aromatic rings. The molecule has 0 radical (unpaired) electrons. The number of amides is 1. The molecule has 1 aromatic heterocycles. The number of anilines is 1. The molecule has 1 aliphatic rings. The Kier molecular flexibility index (Phi) is 4.96. The molecule has 0 unspecified atom stereocenters. The molecule has 27 heavy (non-hydrogen) atoms. The van der Waals surface area contributed by atoms with Crippen LogP contribution >= 0.6 is 23.2 Å². The van der Waals surface area contributed by atoms with Gasteiger partial charge in [0.15, 0.2) is 0 Å². The van der Waals surface area contributed by atoms with Crippen molar-refractivity contribution in [1.82, 2.24) is 25.1 Å². The van der Waals surface area contributed by atoms with Crippen LogP contribution in [0.3, 0.4) is 0 Å². The second-order valence-corrected chi connectivity index (χ2v) is 7.05. The van der Waals surface area contributed by atoms with E-state index in [1.165, 1.54) is 11.0 Å². The third-order valence-electron chi connectivity index (χ3n) is 4.53. The molecule has 0 atom stereocenters. The van der Waals surface area contributed by atoms with E-state index in [9.17, 15) is 4.79 Å². The van der Waals surface area contributed by atoms with Crippen molar-refractivity contribution < 1.29 is 4.79 Å². The van der Waals surface area contributed by atoms with Crippen molar-refractivity contribution in [2.75, 3.05) is 31.1 Å². The van der Waals surface area contributed by atoms with E-state index in [0.717, 1.165) is 18.8 Å². The van der Waals surface area contributed by atoms with Crippen molar-refractivity contribution in [3.05, 3.63) is 64.4 Å². The molecule has 1 saturated heterocycles. The first-order chi connectivity index (χ1) is 13.1. The maximum Gasteiger partial charge on any atom is 0.256 e. The van der Waals surface area contributed by atoms with Gasteiger partial charge in [-0.05, 0) is 46.8 Å². The molecule has 1 aliphatic heterocycles. The van der Waals surface area contributed by atoms with Crippen molar-refractivity contribution >= 4 is 34.8 Å². The molecule has 2 heterocycles. The minimum absolute atomic E-state index is 0.0667. The van der Waals surface area contributed by atoms with Crippen molar-refractivity contribution in [2.24, 2.45) is 0 Å². The number of rotatable bonds is 3. The molecule has 0 spiro atoms. The molecule has 0 saturated carbocycles. The molecule has 1 amide bonds. The van der Waals surface area contributed by atoms with Crippen molar-refractivity contribution in [2.45, 2.75) is 0 Å². The van der Waals surface area contributed by atoms with Gasteiger partial charge in [-0.25, -0.2) is 0 Å². The Morgan fingerprint density at radius 3 is 2.44 bits per heavy atom. The molecular weight excluding hydrogens is 387 g/mol. The number of benzene rings is 2. The first-order valence-electron chi connectivity index (χ1n) is 8.44. The summed E-state index contributed by atoms with van der Waals surface area (Å²) in [6.45, 7) is 2.70. The van der Waals surface area contributed by atoms with Gasteiger partial charge in [-0.1, -0.05) is 29.3 Å². The van der Waals surface area contributed by atoms with Gasteiger partial charge >= 0.3 is 0 Å². The Morgan fingerprint density at radius 2 is 1.74 bits per heavy atom. The Bertz CT molecular complexity index is 954. The van der Waals surface area contributed by atoms with Crippen LogP contribution in [0.25, 0.3) is 5.69 Å². The standard InChI is InChI=1S/C18H16Cl2N6O/c19-13-2-1-3-15(10-13)24-6-8-25(9-7-24)18(27)16-5-4-14(20)11-17(16)26-12-21-22-23-26/h1-5,10-12H,6-9H2. The number of halogens is 2. The molecule has 138 valence electrons. The van der Waals surface area contributed by atoms with E-state index in [-0.39, 0.29) is 5.91 Å². The molecule has 2 aromatic carbocycles. The van der Waals surface area contributed by atoms with E-state index in [0.29, 0.717) is 34.4 Å². The summed E-state index contributed by atoms with van der Waals surface area (Å²) in [7, 11) is 0. The number of carbonyl (C=O) groups excluding carboxylic acids is 1. The van der Waals surface area contributed by atoms with Crippen LogP contribution in [0.15, 0.2) is 48.8 Å². The van der Waals surface area contributed by atoms with E-state index in [1.807, 2.05) is 29.2 Å². The van der Waals surface area contributed by atoms with E-state index >= 15 is 0 Å². The number of hydrogen-bond donors (Lipinski definition) is 0. The predicted octanol–water partition coefficient (Wildman–Crippen LogP) is 2.93. The number of nitrogens with zero attached hydrogens (tertiary/aromatic N) is 6. The van der Waals surface area contributed by atoms with E-state index in [4.69, 9.17) is 23.2 Å². The Hall–Kier alpha value is -2.64. The zero-order valence-corrected chi connectivity index (χ0v) is 15.8. The van der Waals surface area contributed by atoms with Gasteiger partial charge in [-0.3, -0.25) is 4.79 Å². The predicted molar refractivity (Wildman–Crippen MR) is 104 cm³/mol. The Balaban J connectivity index is 1.52. The number of carbonyl (C=O) groups is 1. The lowest BCUT2D eigenvalue weighted by Crippen LogP contribution is -2.49. The topological polar surface area (TPSA) is 67.2 Å². The second-order valence-electron chi connectivity index (χ2n) is 6.17. The summed E-state index contributed by atoms with van der Waals surface area (Å²) in [4.78, 5) is 17.1. The lowest BCUT2D eigenvalue weighted by Gasteiger charge is -2.36. The molecule has 4 rings (SSSR count). The Labute approximate surface area is 166 Å². The van der Waals surface area contributed by atoms with Gasteiger partial charge in [0.25, 0.3) is 5.91 Å². The number of piperazine rings is 1. The monoisotopic (exact) mass is 402 g/mol. The average Bonchev–Trinajstić information content (AvgIpc) is 3.22. The van der Waals surface area contributed by atoms with E-state index < -0.39 is 0 Å². The minimum Gasteiger partial charge on any atom is -0.368 e. The van der Waals surface area contributed by atoms with E-state index in [1.54, 1.807) is 18.2 Å². The molecule has 1 fully saturated rings. The molecule has 0 bridgehead atoms. The SMILES string of the molecule is O=C(c1ccc(Cl)cc1-n1cnnn1)N1CCN(c2cccc(Cl)c2)CC1.